The Labute approximate surface area is 142 Å². The maximum Gasteiger partial charge on any atom is 0.320 e. The highest BCUT2D eigenvalue weighted by Crippen LogP contribution is 2.09. The Morgan fingerprint density at radius 2 is 1.88 bits per heavy atom. The molecule has 0 aliphatic rings. The molecule has 0 aliphatic carbocycles. The maximum absolute atomic E-state index is 11.3. The van der Waals surface area contributed by atoms with Crippen LogP contribution in [-0.4, -0.2) is 35.9 Å². The smallest absolute Gasteiger partial charge is 0.320 e. The average molecular weight is 337 g/mol. The van der Waals surface area contributed by atoms with Crippen molar-refractivity contribution in [3.8, 4) is 0 Å². The number of hydrogen-bond donors (Lipinski definition) is 4. The van der Waals surface area contributed by atoms with Crippen molar-refractivity contribution in [2.45, 2.75) is 45.1 Å². The molecule has 24 heavy (non-hydrogen) atoms. The van der Waals surface area contributed by atoms with Crippen molar-refractivity contribution in [2.24, 2.45) is 11.5 Å². The number of nitrogens with one attached hydrogen (secondary N) is 1. The van der Waals surface area contributed by atoms with Crippen molar-refractivity contribution < 1.29 is 19.5 Å². The van der Waals surface area contributed by atoms with Gasteiger partial charge in [-0.3, -0.25) is 14.4 Å². The number of hydrogen-bond acceptors (Lipinski definition) is 5. The lowest BCUT2D eigenvalue weighted by Crippen LogP contribution is -2.30. The molecule has 0 aliphatic heterocycles. The molecular weight excluding hydrogens is 310 g/mol. The van der Waals surface area contributed by atoms with E-state index in [0.717, 1.165) is 24.8 Å². The first-order valence-corrected chi connectivity index (χ1v) is 7.98. The van der Waals surface area contributed by atoms with Crippen molar-refractivity contribution in [3.05, 3.63) is 29.8 Å². The fourth-order valence-corrected chi connectivity index (χ4v) is 1.67. The number of unbranched alkanes of at least 4 members (excludes halogenated alkanes) is 1. The molecular formula is C17H27N3O4. The standard InChI is InChI=1S/C12H15NO2.C5H12N2O2/c1-2-3-4-12(15)13-11-7-5-10(9-14)6-8-11;6-3-1-2-4(7)5(8)9/h5-9H,2-4H2,1H3,(H,13,15);4H,1-3,6-7H2,(H,8,9). The van der Waals surface area contributed by atoms with Gasteiger partial charge in [-0.1, -0.05) is 13.3 Å². The van der Waals surface area contributed by atoms with E-state index in [1.165, 1.54) is 0 Å². The molecule has 1 rings (SSSR count). The number of aldehydes is 1. The Kier molecular flexibility index (Phi) is 12.0. The largest absolute Gasteiger partial charge is 0.480 e. The lowest BCUT2D eigenvalue weighted by atomic mass is 10.2. The molecule has 0 saturated heterocycles. The van der Waals surface area contributed by atoms with Crippen molar-refractivity contribution in [1.82, 2.24) is 0 Å². The van der Waals surface area contributed by atoms with Gasteiger partial charge in [0.05, 0.1) is 0 Å². The molecule has 134 valence electrons. The first kappa shape index (κ1) is 21.8. The van der Waals surface area contributed by atoms with Crippen molar-refractivity contribution in [3.63, 3.8) is 0 Å². The summed E-state index contributed by atoms with van der Waals surface area (Å²) < 4.78 is 0. The second-order valence-electron chi connectivity index (χ2n) is 5.27. The first-order valence-electron chi connectivity index (χ1n) is 7.98. The Morgan fingerprint density at radius 1 is 1.25 bits per heavy atom. The van der Waals surface area contributed by atoms with Crippen molar-refractivity contribution in [2.75, 3.05) is 11.9 Å². The molecule has 1 unspecified atom stereocenters. The number of carboxylic acids is 1. The summed E-state index contributed by atoms with van der Waals surface area (Å²) in [6, 6.07) is 6.08. The summed E-state index contributed by atoms with van der Waals surface area (Å²) in [4.78, 5) is 31.8. The highest BCUT2D eigenvalue weighted by molar-refractivity contribution is 5.91. The first-order chi connectivity index (χ1) is 11.4. The van der Waals surface area contributed by atoms with E-state index in [0.29, 0.717) is 31.4 Å². The van der Waals surface area contributed by atoms with Crippen LogP contribution in [0.1, 0.15) is 49.4 Å². The number of anilines is 1. The number of benzene rings is 1. The van der Waals surface area contributed by atoms with Gasteiger partial charge in [-0.15, -0.1) is 0 Å². The fraction of sp³-hybridized carbons (Fsp3) is 0.471. The van der Waals surface area contributed by atoms with Gasteiger partial charge in [-0.05, 0) is 50.1 Å². The minimum absolute atomic E-state index is 0.0238. The predicted octanol–water partition coefficient (Wildman–Crippen LogP) is 1.76. The quantitative estimate of drug-likeness (QED) is 0.507. The number of rotatable bonds is 9. The van der Waals surface area contributed by atoms with E-state index < -0.39 is 12.0 Å². The molecule has 6 N–H and O–H groups in total. The molecule has 0 bridgehead atoms. The summed E-state index contributed by atoms with van der Waals surface area (Å²) in [5.74, 6) is -0.931. The fourth-order valence-electron chi connectivity index (χ4n) is 1.67. The lowest BCUT2D eigenvalue weighted by Gasteiger charge is -2.04. The highest BCUT2D eigenvalue weighted by atomic mass is 16.4. The Morgan fingerprint density at radius 3 is 2.33 bits per heavy atom. The third-order valence-electron chi connectivity index (χ3n) is 3.12. The lowest BCUT2D eigenvalue weighted by molar-refractivity contribution is -0.138. The molecule has 1 aromatic rings. The van der Waals surface area contributed by atoms with E-state index in [1.54, 1.807) is 24.3 Å². The van der Waals surface area contributed by atoms with Crippen LogP contribution in [0.4, 0.5) is 5.69 Å². The Hall–Kier alpha value is -2.25. The van der Waals surface area contributed by atoms with Gasteiger partial charge in [0.25, 0.3) is 0 Å². The van der Waals surface area contributed by atoms with E-state index in [4.69, 9.17) is 16.6 Å². The van der Waals surface area contributed by atoms with E-state index >= 15 is 0 Å². The number of carboxylic acid groups (broad SMARTS) is 1. The summed E-state index contributed by atoms with van der Waals surface area (Å²) in [7, 11) is 0. The molecule has 0 aromatic heterocycles. The van der Waals surface area contributed by atoms with Crippen LogP contribution in [0.2, 0.25) is 0 Å². The highest BCUT2D eigenvalue weighted by Gasteiger charge is 2.08. The van der Waals surface area contributed by atoms with Gasteiger partial charge >= 0.3 is 5.97 Å². The van der Waals surface area contributed by atoms with E-state index in [1.807, 2.05) is 6.92 Å². The van der Waals surface area contributed by atoms with Crippen LogP contribution in [0.5, 0.6) is 0 Å². The molecule has 0 saturated carbocycles. The molecule has 0 spiro atoms. The second-order valence-corrected chi connectivity index (χ2v) is 5.27. The third-order valence-corrected chi connectivity index (χ3v) is 3.12. The summed E-state index contributed by atoms with van der Waals surface area (Å²) in [6.07, 6.45) is 4.38. The summed E-state index contributed by atoms with van der Waals surface area (Å²) in [5.41, 5.74) is 11.6. The zero-order valence-corrected chi connectivity index (χ0v) is 14.0. The summed E-state index contributed by atoms with van der Waals surface area (Å²) >= 11 is 0. The maximum atomic E-state index is 11.3. The number of nitrogens with two attached hydrogens (primary N) is 2. The van der Waals surface area contributed by atoms with Crippen LogP contribution in [0.3, 0.4) is 0 Å². The van der Waals surface area contributed by atoms with Gasteiger partial charge in [0.1, 0.15) is 12.3 Å². The van der Waals surface area contributed by atoms with Gasteiger partial charge < -0.3 is 21.9 Å². The van der Waals surface area contributed by atoms with Crippen LogP contribution in [0.25, 0.3) is 0 Å². The Balaban J connectivity index is 0.000000506. The summed E-state index contributed by atoms with van der Waals surface area (Å²) in [5, 5.41) is 11.0. The minimum atomic E-state index is -0.955. The zero-order chi connectivity index (χ0) is 18.4. The van der Waals surface area contributed by atoms with Gasteiger partial charge in [-0.2, -0.15) is 0 Å². The molecule has 0 fully saturated rings. The number of carbonyl (C=O) groups excluding carboxylic acids is 2. The normalized spacial score (nSPS) is 11.0. The predicted molar refractivity (Wildman–Crippen MR) is 93.9 cm³/mol. The zero-order valence-electron chi connectivity index (χ0n) is 14.0. The van der Waals surface area contributed by atoms with Crippen molar-refractivity contribution in [1.29, 1.82) is 0 Å². The van der Waals surface area contributed by atoms with Gasteiger partial charge in [-0.25, -0.2) is 0 Å². The monoisotopic (exact) mass is 337 g/mol. The third kappa shape index (κ3) is 10.5. The SMILES string of the molecule is CCCCC(=O)Nc1ccc(C=O)cc1.NCCCC(N)C(=O)O. The van der Waals surface area contributed by atoms with Crippen LogP contribution in [0, 0.1) is 0 Å². The molecule has 7 nitrogen and oxygen atoms in total. The number of amides is 1. The second kappa shape index (κ2) is 13.2. The van der Waals surface area contributed by atoms with E-state index in [9.17, 15) is 14.4 Å². The van der Waals surface area contributed by atoms with Crippen molar-refractivity contribution >= 4 is 23.9 Å². The molecule has 7 heteroatoms. The van der Waals surface area contributed by atoms with E-state index in [-0.39, 0.29) is 5.91 Å². The minimum Gasteiger partial charge on any atom is -0.480 e. The molecule has 1 aromatic carbocycles. The average Bonchev–Trinajstić information content (AvgIpc) is 2.59. The molecule has 0 radical (unpaired) electrons. The molecule has 1 atom stereocenters. The van der Waals surface area contributed by atoms with Crippen LogP contribution in [-0.2, 0) is 9.59 Å². The summed E-state index contributed by atoms with van der Waals surface area (Å²) in [6.45, 7) is 2.55. The van der Waals surface area contributed by atoms with Gasteiger partial charge in [0.2, 0.25) is 5.91 Å². The van der Waals surface area contributed by atoms with Crippen LogP contribution < -0.4 is 16.8 Å². The van der Waals surface area contributed by atoms with Crippen LogP contribution in [0.15, 0.2) is 24.3 Å². The molecule has 1 amide bonds. The number of carbonyl (C=O) groups is 3. The molecule has 0 heterocycles. The van der Waals surface area contributed by atoms with Crippen LogP contribution >= 0.6 is 0 Å². The topological polar surface area (TPSA) is 136 Å². The van der Waals surface area contributed by atoms with Gasteiger partial charge in [0, 0.05) is 17.7 Å². The van der Waals surface area contributed by atoms with E-state index in [2.05, 4.69) is 5.32 Å². The van der Waals surface area contributed by atoms with Gasteiger partial charge in [0.15, 0.2) is 0 Å². The number of aliphatic carboxylic acids is 1. The Bertz CT molecular complexity index is 503.